The minimum Gasteiger partial charge on any atom is -0.426 e. The SMILES string of the molecule is CC(=O)Oc1cc2c(cc1C)[C@H](CC(C)(C)O)C[C@@H]2C. The maximum atomic E-state index is 11.1. The minimum atomic E-state index is -0.658. The first-order valence-corrected chi connectivity index (χ1v) is 7.22. The lowest BCUT2D eigenvalue weighted by atomic mass is 9.88. The molecule has 1 aromatic carbocycles. The summed E-state index contributed by atoms with van der Waals surface area (Å²) < 4.78 is 5.27. The molecule has 3 nitrogen and oxygen atoms in total. The molecule has 20 heavy (non-hydrogen) atoms. The number of aliphatic hydroxyl groups is 1. The van der Waals surface area contributed by atoms with Gasteiger partial charge in [0.05, 0.1) is 5.60 Å². The molecule has 0 saturated heterocycles. The number of benzene rings is 1. The molecule has 3 heteroatoms. The Hall–Kier alpha value is -1.35. The van der Waals surface area contributed by atoms with Crippen LogP contribution in [0.5, 0.6) is 5.75 Å². The van der Waals surface area contributed by atoms with Crippen molar-refractivity contribution in [3.05, 3.63) is 28.8 Å². The Labute approximate surface area is 121 Å². The monoisotopic (exact) mass is 276 g/mol. The van der Waals surface area contributed by atoms with Crippen LogP contribution in [-0.2, 0) is 4.79 Å². The van der Waals surface area contributed by atoms with Gasteiger partial charge in [0, 0.05) is 6.92 Å². The lowest BCUT2D eigenvalue weighted by Gasteiger charge is -2.23. The van der Waals surface area contributed by atoms with Crippen LogP contribution < -0.4 is 4.74 Å². The number of carbonyl (C=O) groups excluding carboxylic acids is 1. The van der Waals surface area contributed by atoms with Crippen LogP contribution in [0.15, 0.2) is 12.1 Å². The second-order valence-corrected chi connectivity index (χ2v) is 6.69. The molecule has 110 valence electrons. The van der Waals surface area contributed by atoms with Gasteiger partial charge in [0.15, 0.2) is 0 Å². The van der Waals surface area contributed by atoms with Gasteiger partial charge >= 0.3 is 5.97 Å². The van der Waals surface area contributed by atoms with Crippen molar-refractivity contribution in [1.82, 2.24) is 0 Å². The molecule has 0 saturated carbocycles. The third-order valence-corrected chi connectivity index (χ3v) is 3.99. The molecule has 0 bridgehead atoms. The standard InChI is InChI=1S/C17H24O3/c1-10-6-13(9-17(4,5)19)15-7-11(2)16(8-14(10)15)20-12(3)18/h7-8,10,13,19H,6,9H2,1-5H3/t10-,13-/m0/s1. The van der Waals surface area contributed by atoms with Crippen LogP contribution in [0.3, 0.4) is 0 Å². The Balaban J connectivity index is 2.36. The number of esters is 1. The zero-order chi connectivity index (χ0) is 15.1. The molecule has 1 aliphatic rings. The van der Waals surface area contributed by atoms with Crippen molar-refractivity contribution in [2.75, 3.05) is 0 Å². The summed E-state index contributed by atoms with van der Waals surface area (Å²) in [7, 11) is 0. The molecular weight excluding hydrogens is 252 g/mol. The summed E-state index contributed by atoms with van der Waals surface area (Å²) in [5.41, 5.74) is 2.87. The second kappa shape index (κ2) is 5.21. The Bertz CT molecular complexity index is 526. The number of aryl methyl sites for hydroxylation is 1. The highest BCUT2D eigenvalue weighted by Crippen LogP contribution is 2.47. The molecule has 1 aromatic rings. The van der Waals surface area contributed by atoms with Crippen molar-refractivity contribution in [3.63, 3.8) is 0 Å². The van der Waals surface area contributed by atoms with Gasteiger partial charge in [0.25, 0.3) is 0 Å². The van der Waals surface area contributed by atoms with Crippen molar-refractivity contribution >= 4 is 5.97 Å². The van der Waals surface area contributed by atoms with Crippen LogP contribution in [0.25, 0.3) is 0 Å². The van der Waals surface area contributed by atoms with E-state index in [4.69, 9.17) is 4.74 Å². The minimum absolute atomic E-state index is 0.285. The van der Waals surface area contributed by atoms with Crippen LogP contribution in [0, 0.1) is 6.92 Å². The molecule has 0 unspecified atom stereocenters. The molecule has 0 radical (unpaired) electrons. The van der Waals surface area contributed by atoms with Gasteiger partial charge in [-0.05, 0) is 68.2 Å². The van der Waals surface area contributed by atoms with Crippen LogP contribution >= 0.6 is 0 Å². The molecule has 2 atom stereocenters. The summed E-state index contributed by atoms with van der Waals surface area (Å²) in [5.74, 6) is 1.19. The van der Waals surface area contributed by atoms with Crippen molar-refractivity contribution in [1.29, 1.82) is 0 Å². The van der Waals surface area contributed by atoms with Gasteiger partial charge in [0.1, 0.15) is 5.75 Å². The molecular formula is C17H24O3. The Kier molecular flexibility index (Phi) is 3.92. The summed E-state index contributed by atoms with van der Waals surface area (Å²) in [6.07, 6.45) is 1.80. The molecule has 1 aliphatic carbocycles. The summed E-state index contributed by atoms with van der Waals surface area (Å²) in [6.45, 7) is 9.29. The van der Waals surface area contributed by atoms with E-state index in [-0.39, 0.29) is 5.97 Å². The van der Waals surface area contributed by atoms with Crippen molar-refractivity contribution < 1.29 is 14.6 Å². The number of ether oxygens (including phenoxy) is 1. The average Bonchev–Trinajstić information content (AvgIpc) is 2.53. The van der Waals surface area contributed by atoms with E-state index < -0.39 is 5.60 Å². The highest BCUT2D eigenvalue weighted by molar-refractivity contribution is 5.70. The fourth-order valence-corrected chi connectivity index (χ4v) is 3.25. The predicted molar refractivity (Wildman–Crippen MR) is 79.2 cm³/mol. The van der Waals surface area contributed by atoms with Crippen LogP contribution in [-0.4, -0.2) is 16.7 Å². The summed E-state index contributed by atoms with van der Waals surface area (Å²) >= 11 is 0. The number of carbonyl (C=O) groups is 1. The van der Waals surface area contributed by atoms with Gasteiger partial charge in [-0.1, -0.05) is 13.0 Å². The van der Waals surface area contributed by atoms with E-state index in [1.807, 2.05) is 26.8 Å². The summed E-state index contributed by atoms with van der Waals surface area (Å²) in [5, 5.41) is 10.1. The van der Waals surface area contributed by atoms with E-state index in [0.717, 1.165) is 18.4 Å². The van der Waals surface area contributed by atoms with Gasteiger partial charge < -0.3 is 9.84 Å². The molecule has 0 heterocycles. The van der Waals surface area contributed by atoms with E-state index in [0.29, 0.717) is 17.6 Å². The highest BCUT2D eigenvalue weighted by atomic mass is 16.5. The third-order valence-electron chi connectivity index (χ3n) is 3.99. The zero-order valence-corrected chi connectivity index (χ0v) is 13.0. The quantitative estimate of drug-likeness (QED) is 0.677. The highest BCUT2D eigenvalue weighted by Gasteiger charge is 2.32. The van der Waals surface area contributed by atoms with E-state index in [1.54, 1.807) is 0 Å². The van der Waals surface area contributed by atoms with E-state index >= 15 is 0 Å². The van der Waals surface area contributed by atoms with Gasteiger partial charge in [-0.25, -0.2) is 0 Å². The molecule has 0 aliphatic heterocycles. The molecule has 0 aromatic heterocycles. The third kappa shape index (κ3) is 3.21. The van der Waals surface area contributed by atoms with Crippen LogP contribution in [0.1, 0.15) is 69.1 Å². The largest absolute Gasteiger partial charge is 0.426 e. The second-order valence-electron chi connectivity index (χ2n) is 6.69. The molecule has 1 N–H and O–H groups in total. The van der Waals surface area contributed by atoms with Crippen molar-refractivity contribution in [3.8, 4) is 5.75 Å². The van der Waals surface area contributed by atoms with Gasteiger partial charge in [0.2, 0.25) is 0 Å². The molecule has 2 rings (SSSR count). The Morgan fingerprint density at radius 1 is 1.40 bits per heavy atom. The fourth-order valence-electron chi connectivity index (χ4n) is 3.25. The van der Waals surface area contributed by atoms with E-state index in [2.05, 4.69) is 13.0 Å². The number of rotatable bonds is 3. The van der Waals surface area contributed by atoms with Crippen LogP contribution in [0.2, 0.25) is 0 Å². The maximum absolute atomic E-state index is 11.1. The van der Waals surface area contributed by atoms with Crippen molar-refractivity contribution in [2.45, 2.75) is 64.9 Å². The lowest BCUT2D eigenvalue weighted by molar-refractivity contribution is -0.131. The summed E-state index contributed by atoms with van der Waals surface area (Å²) in [4.78, 5) is 11.1. The first-order chi connectivity index (χ1) is 9.17. The van der Waals surface area contributed by atoms with Gasteiger partial charge in [-0.3, -0.25) is 4.79 Å². The number of fused-ring (bicyclic) bond motifs is 1. The maximum Gasteiger partial charge on any atom is 0.308 e. The molecule has 0 amide bonds. The average molecular weight is 276 g/mol. The Morgan fingerprint density at radius 2 is 2.05 bits per heavy atom. The topological polar surface area (TPSA) is 46.5 Å². The van der Waals surface area contributed by atoms with Crippen molar-refractivity contribution in [2.24, 2.45) is 0 Å². The molecule has 0 spiro atoms. The Morgan fingerprint density at radius 3 is 2.60 bits per heavy atom. The first kappa shape index (κ1) is 15.0. The number of hydrogen-bond donors (Lipinski definition) is 1. The van der Waals surface area contributed by atoms with Gasteiger partial charge in [-0.2, -0.15) is 0 Å². The van der Waals surface area contributed by atoms with Crippen LogP contribution in [0.4, 0.5) is 0 Å². The predicted octanol–water partition coefficient (Wildman–Crippen LogP) is 3.67. The van der Waals surface area contributed by atoms with E-state index in [1.165, 1.54) is 18.1 Å². The number of hydrogen-bond acceptors (Lipinski definition) is 3. The normalized spacial score (nSPS) is 21.7. The van der Waals surface area contributed by atoms with E-state index in [9.17, 15) is 9.90 Å². The fraction of sp³-hybridized carbons (Fsp3) is 0.588. The zero-order valence-electron chi connectivity index (χ0n) is 13.0. The lowest BCUT2D eigenvalue weighted by Crippen LogP contribution is -2.21. The molecule has 0 fully saturated rings. The first-order valence-electron chi connectivity index (χ1n) is 7.22. The smallest absolute Gasteiger partial charge is 0.308 e. The summed E-state index contributed by atoms with van der Waals surface area (Å²) in [6, 6.07) is 4.12. The van der Waals surface area contributed by atoms with Gasteiger partial charge in [-0.15, -0.1) is 0 Å².